The molecule has 204 valence electrons. The van der Waals surface area contributed by atoms with E-state index in [1.165, 1.54) is 0 Å². The van der Waals surface area contributed by atoms with Gasteiger partial charge in [0.25, 0.3) is 0 Å². The standard InChI is InChI=1S/C25H29N3O3.C2HF3O2/c1-17(2)16-22(29)27-23(21-10-7-18-4-3-11-26-24(18)25(21)30)19-5-8-20(9-6-19)28-12-14-31-15-13-28;3-2(4,5)1(6)7/h3-11,17,23,30H,12-16H2,1-2H3,(H,27,29);(H,6,7). The van der Waals surface area contributed by atoms with Crippen LogP contribution in [0.4, 0.5) is 18.9 Å². The number of aromatic hydroxyl groups is 1. The molecular formula is C27H30F3N3O5. The summed E-state index contributed by atoms with van der Waals surface area (Å²) >= 11 is 0. The van der Waals surface area contributed by atoms with Crippen LogP contribution in [0.15, 0.2) is 54.7 Å². The summed E-state index contributed by atoms with van der Waals surface area (Å²) in [6, 6.07) is 15.3. The number of nitrogens with one attached hydrogen (secondary N) is 1. The highest BCUT2D eigenvalue weighted by atomic mass is 19.4. The number of halogens is 3. The number of aliphatic carboxylic acids is 1. The zero-order valence-corrected chi connectivity index (χ0v) is 21.0. The molecule has 0 bridgehead atoms. The Morgan fingerprint density at radius 3 is 2.29 bits per heavy atom. The summed E-state index contributed by atoms with van der Waals surface area (Å²) in [5.74, 6) is -2.45. The summed E-state index contributed by atoms with van der Waals surface area (Å²) in [6.45, 7) is 7.23. The molecule has 1 aliphatic heterocycles. The average molecular weight is 534 g/mol. The number of hydrogen-bond donors (Lipinski definition) is 3. The molecular weight excluding hydrogens is 503 g/mol. The highest BCUT2D eigenvalue weighted by Crippen LogP contribution is 2.35. The van der Waals surface area contributed by atoms with Gasteiger partial charge in [0.2, 0.25) is 5.91 Å². The average Bonchev–Trinajstić information content (AvgIpc) is 2.88. The normalized spacial score (nSPS) is 14.5. The topological polar surface area (TPSA) is 112 Å². The van der Waals surface area contributed by atoms with E-state index in [1.807, 2.05) is 50.2 Å². The summed E-state index contributed by atoms with van der Waals surface area (Å²) in [6.07, 6.45) is -3.00. The minimum Gasteiger partial charge on any atom is -0.505 e. The molecule has 11 heteroatoms. The van der Waals surface area contributed by atoms with Crippen LogP contribution in [0.5, 0.6) is 5.75 Å². The number of pyridine rings is 1. The lowest BCUT2D eigenvalue weighted by molar-refractivity contribution is -0.192. The van der Waals surface area contributed by atoms with Gasteiger partial charge in [0.05, 0.1) is 19.3 Å². The number of carbonyl (C=O) groups excluding carboxylic acids is 1. The molecule has 0 saturated carbocycles. The Morgan fingerprint density at radius 1 is 1.08 bits per heavy atom. The van der Waals surface area contributed by atoms with Crippen LogP contribution in [0.25, 0.3) is 10.9 Å². The number of nitrogens with zero attached hydrogens (tertiary/aromatic N) is 2. The predicted octanol–water partition coefficient (Wildman–Crippen LogP) is 4.66. The van der Waals surface area contributed by atoms with Crippen molar-refractivity contribution in [2.45, 2.75) is 32.5 Å². The van der Waals surface area contributed by atoms with Gasteiger partial charge in [0.15, 0.2) is 0 Å². The number of carboxylic acids is 1. The third-order valence-electron chi connectivity index (χ3n) is 5.83. The summed E-state index contributed by atoms with van der Waals surface area (Å²) < 4.78 is 37.2. The van der Waals surface area contributed by atoms with Crippen LogP contribution >= 0.6 is 0 Å². The van der Waals surface area contributed by atoms with Crippen LogP contribution in [0.3, 0.4) is 0 Å². The fraction of sp³-hybridized carbons (Fsp3) is 0.370. The van der Waals surface area contributed by atoms with E-state index in [9.17, 15) is 23.1 Å². The number of amides is 1. The second-order valence-corrected chi connectivity index (χ2v) is 9.17. The number of carbonyl (C=O) groups is 2. The van der Waals surface area contributed by atoms with Crippen molar-refractivity contribution in [3.8, 4) is 5.75 Å². The maximum atomic E-state index is 12.7. The summed E-state index contributed by atoms with van der Waals surface area (Å²) in [5.41, 5.74) is 3.22. The maximum absolute atomic E-state index is 12.7. The molecule has 1 unspecified atom stereocenters. The van der Waals surface area contributed by atoms with Crippen molar-refractivity contribution in [1.29, 1.82) is 0 Å². The van der Waals surface area contributed by atoms with Crippen LogP contribution in [0.2, 0.25) is 0 Å². The zero-order valence-electron chi connectivity index (χ0n) is 21.0. The molecule has 1 aliphatic rings. The van der Waals surface area contributed by atoms with Crippen molar-refractivity contribution >= 4 is 28.5 Å². The first kappa shape index (κ1) is 28.7. The minimum absolute atomic E-state index is 0.0437. The summed E-state index contributed by atoms with van der Waals surface area (Å²) in [4.78, 5) is 28.2. The molecule has 0 spiro atoms. The van der Waals surface area contributed by atoms with Crippen LogP contribution in [-0.2, 0) is 14.3 Å². The SMILES string of the molecule is CC(C)CC(=O)NC(c1ccc(N2CCOCC2)cc1)c1ccc2cccnc2c1O.O=C(O)C(F)(F)F. The number of benzene rings is 2. The van der Waals surface area contributed by atoms with E-state index >= 15 is 0 Å². The highest BCUT2D eigenvalue weighted by molar-refractivity contribution is 5.86. The molecule has 38 heavy (non-hydrogen) atoms. The maximum Gasteiger partial charge on any atom is 0.490 e. The van der Waals surface area contributed by atoms with Gasteiger partial charge < -0.3 is 25.2 Å². The molecule has 0 radical (unpaired) electrons. The van der Waals surface area contributed by atoms with Crippen LogP contribution in [0.1, 0.15) is 37.4 Å². The Hall–Kier alpha value is -3.86. The van der Waals surface area contributed by atoms with Gasteiger partial charge in [-0.05, 0) is 29.7 Å². The Balaban J connectivity index is 0.000000505. The first-order valence-corrected chi connectivity index (χ1v) is 12.1. The second-order valence-electron chi connectivity index (χ2n) is 9.17. The molecule has 1 fully saturated rings. The smallest absolute Gasteiger partial charge is 0.490 e. The van der Waals surface area contributed by atoms with Crippen LogP contribution < -0.4 is 10.2 Å². The Morgan fingerprint density at radius 2 is 1.71 bits per heavy atom. The molecule has 3 aromatic rings. The molecule has 2 aromatic carbocycles. The van der Waals surface area contributed by atoms with Gasteiger partial charge >= 0.3 is 12.1 Å². The summed E-state index contributed by atoms with van der Waals surface area (Å²) in [7, 11) is 0. The van der Waals surface area contributed by atoms with Crippen molar-refractivity contribution < 1.29 is 37.7 Å². The van der Waals surface area contributed by atoms with Gasteiger partial charge in [0, 0.05) is 42.3 Å². The lowest BCUT2D eigenvalue weighted by atomic mass is 9.95. The van der Waals surface area contributed by atoms with Crippen LogP contribution in [-0.4, -0.2) is 59.6 Å². The number of morpholine rings is 1. The Kier molecular flexibility index (Phi) is 9.51. The van der Waals surface area contributed by atoms with Gasteiger partial charge in [-0.1, -0.05) is 44.2 Å². The van der Waals surface area contributed by atoms with E-state index in [2.05, 4.69) is 27.3 Å². The van der Waals surface area contributed by atoms with Crippen molar-refractivity contribution in [3.63, 3.8) is 0 Å². The van der Waals surface area contributed by atoms with Crippen molar-refractivity contribution in [3.05, 3.63) is 65.9 Å². The quantitative estimate of drug-likeness (QED) is 0.423. The number of hydrogen-bond acceptors (Lipinski definition) is 6. The van der Waals surface area contributed by atoms with E-state index in [0.29, 0.717) is 17.5 Å². The fourth-order valence-electron chi connectivity index (χ4n) is 4.01. The van der Waals surface area contributed by atoms with Gasteiger partial charge in [0.1, 0.15) is 11.3 Å². The third-order valence-corrected chi connectivity index (χ3v) is 5.83. The van der Waals surface area contributed by atoms with Crippen LogP contribution in [0, 0.1) is 5.92 Å². The number of phenols is 1. The number of carboxylic acid groups (broad SMARTS) is 1. The molecule has 1 saturated heterocycles. The second kappa shape index (κ2) is 12.6. The number of ether oxygens (including phenoxy) is 1. The van der Waals surface area contributed by atoms with E-state index in [0.717, 1.165) is 42.9 Å². The molecule has 0 aliphatic carbocycles. The molecule has 3 N–H and O–H groups in total. The highest BCUT2D eigenvalue weighted by Gasteiger charge is 2.38. The molecule has 2 heterocycles. The monoisotopic (exact) mass is 533 g/mol. The number of fused-ring (bicyclic) bond motifs is 1. The third kappa shape index (κ3) is 7.58. The van der Waals surface area contributed by atoms with Crippen molar-refractivity contribution in [2.24, 2.45) is 5.92 Å². The van der Waals surface area contributed by atoms with Crippen molar-refractivity contribution in [1.82, 2.24) is 10.3 Å². The number of phenolic OH excluding ortho intramolecular Hbond substituents is 1. The molecule has 1 amide bonds. The number of rotatable bonds is 6. The fourth-order valence-corrected chi connectivity index (χ4v) is 4.01. The van der Waals surface area contributed by atoms with Gasteiger partial charge in [-0.25, -0.2) is 4.79 Å². The lowest BCUT2D eigenvalue weighted by Gasteiger charge is -2.29. The number of alkyl halides is 3. The molecule has 1 aromatic heterocycles. The number of aromatic nitrogens is 1. The molecule has 1 atom stereocenters. The van der Waals surface area contributed by atoms with Gasteiger partial charge in [-0.2, -0.15) is 13.2 Å². The Labute approximate surface area is 218 Å². The lowest BCUT2D eigenvalue weighted by Crippen LogP contribution is -2.36. The van der Waals surface area contributed by atoms with Crippen molar-refractivity contribution in [2.75, 3.05) is 31.2 Å². The van der Waals surface area contributed by atoms with Gasteiger partial charge in [-0.3, -0.25) is 9.78 Å². The molecule has 4 rings (SSSR count). The largest absolute Gasteiger partial charge is 0.505 e. The predicted molar refractivity (Wildman–Crippen MR) is 136 cm³/mol. The Bertz CT molecular complexity index is 1240. The van der Waals surface area contributed by atoms with E-state index < -0.39 is 18.2 Å². The molecule has 8 nitrogen and oxygen atoms in total. The minimum atomic E-state index is -5.08. The van der Waals surface area contributed by atoms with E-state index in [-0.39, 0.29) is 17.6 Å². The first-order valence-electron chi connectivity index (χ1n) is 12.1. The zero-order chi connectivity index (χ0) is 27.9. The van der Waals surface area contributed by atoms with E-state index in [4.69, 9.17) is 14.6 Å². The summed E-state index contributed by atoms with van der Waals surface area (Å²) in [5, 5.41) is 22.1. The first-order chi connectivity index (χ1) is 18.0. The van der Waals surface area contributed by atoms with Gasteiger partial charge in [-0.15, -0.1) is 0 Å². The van der Waals surface area contributed by atoms with E-state index in [1.54, 1.807) is 6.20 Å². The number of anilines is 1.